The Labute approximate surface area is 152 Å². The van der Waals surface area contributed by atoms with E-state index in [0.29, 0.717) is 38.1 Å². The molecule has 0 unspecified atom stereocenters. The highest BCUT2D eigenvalue weighted by molar-refractivity contribution is 7.08. The van der Waals surface area contributed by atoms with Gasteiger partial charge in [-0.15, -0.1) is 0 Å². The zero-order valence-corrected chi connectivity index (χ0v) is 15.2. The summed E-state index contributed by atoms with van der Waals surface area (Å²) in [5.74, 6) is 0.767. The summed E-state index contributed by atoms with van der Waals surface area (Å²) in [5, 5.41) is 9.35. The first kappa shape index (κ1) is 19.0. The van der Waals surface area contributed by atoms with Crippen LogP contribution in [0.25, 0.3) is 0 Å². The van der Waals surface area contributed by atoms with E-state index in [2.05, 4.69) is 10.6 Å². The number of thiophene rings is 1. The van der Waals surface area contributed by atoms with Crippen LogP contribution in [0.1, 0.15) is 35.2 Å². The predicted octanol–water partition coefficient (Wildman–Crippen LogP) is 3.15. The third-order valence-electron chi connectivity index (χ3n) is 3.55. The molecule has 0 saturated heterocycles. The van der Waals surface area contributed by atoms with E-state index in [1.54, 1.807) is 11.4 Å². The monoisotopic (exact) mass is 360 g/mol. The molecule has 0 aliphatic heterocycles. The van der Waals surface area contributed by atoms with Crippen molar-refractivity contribution in [3.05, 3.63) is 52.2 Å². The molecule has 0 aliphatic carbocycles. The van der Waals surface area contributed by atoms with Crippen LogP contribution in [0.15, 0.2) is 41.1 Å². The van der Waals surface area contributed by atoms with Crippen LogP contribution in [-0.4, -0.2) is 31.5 Å². The maximum absolute atomic E-state index is 11.7. The van der Waals surface area contributed by atoms with E-state index in [-0.39, 0.29) is 11.8 Å². The minimum atomic E-state index is -0.0880. The maximum atomic E-state index is 11.7. The van der Waals surface area contributed by atoms with Crippen LogP contribution in [0.2, 0.25) is 0 Å². The number of benzene rings is 1. The van der Waals surface area contributed by atoms with Crippen LogP contribution in [0, 0.1) is 6.92 Å². The van der Waals surface area contributed by atoms with Crippen LogP contribution in [0.5, 0.6) is 5.75 Å². The number of nitrogens with one attached hydrogen (secondary N) is 2. The number of carbonyl (C=O) groups excluding carboxylic acids is 2. The highest BCUT2D eigenvalue weighted by Gasteiger charge is 2.05. The summed E-state index contributed by atoms with van der Waals surface area (Å²) in [6.07, 6.45) is 1.79. The van der Waals surface area contributed by atoms with Crippen molar-refractivity contribution in [2.75, 3.05) is 19.7 Å². The van der Waals surface area contributed by atoms with Crippen LogP contribution >= 0.6 is 11.3 Å². The molecular formula is C19H24N2O3S. The highest BCUT2D eigenvalue weighted by atomic mass is 32.1. The molecule has 134 valence electrons. The van der Waals surface area contributed by atoms with E-state index in [4.69, 9.17) is 4.74 Å². The number of amides is 2. The molecule has 5 nitrogen and oxygen atoms in total. The van der Waals surface area contributed by atoms with Gasteiger partial charge in [0.2, 0.25) is 5.91 Å². The molecule has 2 aromatic rings. The molecule has 0 radical (unpaired) electrons. The topological polar surface area (TPSA) is 67.4 Å². The van der Waals surface area contributed by atoms with Crippen molar-refractivity contribution in [3.63, 3.8) is 0 Å². The summed E-state index contributed by atoms with van der Waals surface area (Å²) in [5.41, 5.74) is 1.83. The van der Waals surface area contributed by atoms with Gasteiger partial charge in [-0.1, -0.05) is 12.1 Å². The van der Waals surface area contributed by atoms with Crippen molar-refractivity contribution in [1.29, 1.82) is 0 Å². The van der Waals surface area contributed by atoms with Gasteiger partial charge < -0.3 is 15.4 Å². The Balaban J connectivity index is 1.48. The molecule has 2 amide bonds. The van der Waals surface area contributed by atoms with Gasteiger partial charge in [0.05, 0.1) is 6.61 Å². The lowest BCUT2D eigenvalue weighted by atomic mass is 10.2. The lowest BCUT2D eigenvalue weighted by Gasteiger charge is -2.08. The van der Waals surface area contributed by atoms with Gasteiger partial charge in [-0.05, 0) is 48.9 Å². The summed E-state index contributed by atoms with van der Waals surface area (Å²) in [6.45, 7) is 3.68. The quantitative estimate of drug-likeness (QED) is 0.640. The van der Waals surface area contributed by atoms with E-state index >= 15 is 0 Å². The Morgan fingerprint density at radius 1 is 1.12 bits per heavy atom. The van der Waals surface area contributed by atoms with E-state index < -0.39 is 0 Å². The van der Waals surface area contributed by atoms with Crippen molar-refractivity contribution in [2.45, 2.75) is 26.2 Å². The Kier molecular flexibility index (Phi) is 7.98. The molecule has 0 spiro atoms. The van der Waals surface area contributed by atoms with Gasteiger partial charge in [0, 0.05) is 30.5 Å². The fourth-order valence-corrected chi connectivity index (χ4v) is 2.87. The minimum Gasteiger partial charge on any atom is -0.494 e. The largest absolute Gasteiger partial charge is 0.494 e. The fourth-order valence-electron chi connectivity index (χ4n) is 2.23. The SMILES string of the molecule is Cc1cccc(OCCCNC(=O)CCCNC(=O)c2ccsc2)c1. The van der Waals surface area contributed by atoms with Crippen molar-refractivity contribution in [2.24, 2.45) is 0 Å². The Bertz CT molecular complexity index is 671. The molecule has 1 aromatic carbocycles. The number of hydrogen-bond acceptors (Lipinski definition) is 4. The van der Waals surface area contributed by atoms with Gasteiger partial charge >= 0.3 is 0 Å². The molecule has 2 N–H and O–H groups in total. The van der Waals surface area contributed by atoms with E-state index in [1.807, 2.05) is 36.6 Å². The zero-order valence-electron chi connectivity index (χ0n) is 14.4. The highest BCUT2D eigenvalue weighted by Crippen LogP contribution is 2.12. The number of rotatable bonds is 10. The average molecular weight is 360 g/mol. The molecule has 6 heteroatoms. The summed E-state index contributed by atoms with van der Waals surface area (Å²) in [6, 6.07) is 9.68. The van der Waals surface area contributed by atoms with Crippen LogP contribution < -0.4 is 15.4 Å². The second kappa shape index (κ2) is 10.5. The van der Waals surface area contributed by atoms with Crippen LogP contribution in [0.3, 0.4) is 0 Å². The molecule has 0 aliphatic rings. The second-order valence-corrected chi connectivity index (χ2v) is 6.52. The molecule has 2 rings (SSSR count). The standard InChI is InChI=1S/C19H24N2O3S/c1-15-5-2-6-17(13-15)24-11-4-10-20-18(22)7-3-9-21-19(23)16-8-12-25-14-16/h2,5-6,8,12-14H,3-4,7,9-11H2,1H3,(H,20,22)(H,21,23). The van der Waals surface area contributed by atoms with Crippen molar-refractivity contribution < 1.29 is 14.3 Å². The number of hydrogen-bond donors (Lipinski definition) is 2. The number of carbonyl (C=O) groups is 2. The zero-order chi connectivity index (χ0) is 17.9. The number of aryl methyl sites for hydroxylation is 1. The Hall–Kier alpha value is -2.34. The van der Waals surface area contributed by atoms with Gasteiger partial charge in [0.1, 0.15) is 5.75 Å². The van der Waals surface area contributed by atoms with Gasteiger partial charge in [-0.25, -0.2) is 0 Å². The minimum absolute atomic E-state index is 0.000313. The molecule has 1 heterocycles. The first-order valence-electron chi connectivity index (χ1n) is 8.42. The lowest BCUT2D eigenvalue weighted by molar-refractivity contribution is -0.121. The summed E-state index contributed by atoms with van der Waals surface area (Å²) in [4.78, 5) is 23.4. The van der Waals surface area contributed by atoms with Gasteiger partial charge in [0.15, 0.2) is 0 Å². The van der Waals surface area contributed by atoms with Crippen molar-refractivity contribution in [3.8, 4) is 5.75 Å². The first-order valence-corrected chi connectivity index (χ1v) is 9.36. The fraction of sp³-hybridized carbons (Fsp3) is 0.368. The van der Waals surface area contributed by atoms with E-state index in [9.17, 15) is 9.59 Å². The van der Waals surface area contributed by atoms with Crippen molar-refractivity contribution in [1.82, 2.24) is 10.6 Å². The molecule has 1 aromatic heterocycles. The third kappa shape index (κ3) is 7.39. The Morgan fingerprint density at radius 3 is 2.72 bits per heavy atom. The first-order chi connectivity index (χ1) is 12.1. The summed E-state index contributed by atoms with van der Waals surface area (Å²) < 4.78 is 5.63. The molecule has 25 heavy (non-hydrogen) atoms. The molecule has 0 bridgehead atoms. The molecule has 0 fully saturated rings. The summed E-state index contributed by atoms with van der Waals surface area (Å²) >= 11 is 1.49. The van der Waals surface area contributed by atoms with Gasteiger partial charge in [-0.3, -0.25) is 9.59 Å². The molecule has 0 saturated carbocycles. The predicted molar refractivity (Wildman–Crippen MR) is 100 cm³/mol. The van der Waals surface area contributed by atoms with E-state index in [0.717, 1.165) is 17.7 Å². The molecule has 0 atom stereocenters. The average Bonchev–Trinajstić information content (AvgIpc) is 3.13. The maximum Gasteiger partial charge on any atom is 0.252 e. The second-order valence-electron chi connectivity index (χ2n) is 5.74. The van der Waals surface area contributed by atoms with Gasteiger partial charge in [-0.2, -0.15) is 11.3 Å². The Morgan fingerprint density at radius 2 is 1.96 bits per heavy atom. The summed E-state index contributed by atoms with van der Waals surface area (Å²) in [7, 11) is 0. The van der Waals surface area contributed by atoms with Gasteiger partial charge in [0.25, 0.3) is 5.91 Å². The lowest BCUT2D eigenvalue weighted by Crippen LogP contribution is -2.28. The van der Waals surface area contributed by atoms with E-state index in [1.165, 1.54) is 11.3 Å². The number of ether oxygens (including phenoxy) is 1. The van der Waals surface area contributed by atoms with Crippen LogP contribution in [-0.2, 0) is 4.79 Å². The third-order valence-corrected chi connectivity index (χ3v) is 4.23. The smallest absolute Gasteiger partial charge is 0.252 e. The van der Waals surface area contributed by atoms with Crippen LogP contribution in [0.4, 0.5) is 0 Å². The normalized spacial score (nSPS) is 10.3. The molecular weight excluding hydrogens is 336 g/mol. The van der Waals surface area contributed by atoms with Crippen molar-refractivity contribution >= 4 is 23.2 Å².